The van der Waals surface area contributed by atoms with Crippen molar-refractivity contribution >= 4 is 27.7 Å². The summed E-state index contributed by atoms with van der Waals surface area (Å²) in [6.07, 6.45) is 6.29. The molecule has 7 heteroatoms. The van der Waals surface area contributed by atoms with Crippen LogP contribution in [0.25, 0.3) is 33.1 Å². The summed E-state index contributed by atoms with van der Waals surface area (Å²) < 4.78 is 15.5. The van der Waals surface area contributed by atoms with Crippen LogP contribution in [-0.2, 0) is 6.54 Å². The fourth-order valence-corrected chi connectivity index (χ4v) is 4.80. The van der Waals surface area contributed by atoms with Gasteiger partial charge in [0.2, 0.25) is 0 Å². The molecule has 0 bridgehead atoms. The Labute approximate surface area is 203 Å². The number of nitrogens with one attached hydrogen (secondary N) is 1. The van der Waals surface area contributed by atoms with E-state index in [9.17, 15) is 9.18 Å². The van der Waals surface area contributed by atoms with Gasteiger partial charge in [-0.05, 0) is 68.3 Å². The highest BCUT2D eigenvalue weighted by Crippen LogP contribution is 2.30. The molecule has 0 unspecified atom stereocenters. The van der Waals surface area contributed by atoms with Crippen LogP contribution < -0.4 is 0 Å². The van der Waals surface area contributed by atoms with E-state index >= 15 is 0 Å². The average Bonchev–Trinajstić information content (AvgIpc) is 3.41. The maximum Gasteiger partial charge on any atom is 0.178 e. The number of likely N-dealkylation sites (N-methyl/N-ethyl adjacent to an activating group) is 1. The molecule has 5 rings (SSSR count). The Bertz CT molecular complexity index is 1520. The molecule has 3 heterocycles. The number of rotatable bonds is 8. The Morgan fingerprint density at radius 3 is 2.71 bits per heavy atom. The fraction of sp³-hybridized carbons (Fsp3) is 0.250. The van der Waals surface area contributed by atoms with Crippen LogP contribution in [0.1, 0.15) is 28.2 Å². The second-order valence-electron chi connectivity index (χ2n) is 9.11. The van der Waals surface area contributed by atoms with Gasteiger partial charge < -0.3 is 9.55 Å². The number of ketones is 1. The Morgan fingerprint density at radius 1 is 1.11 bits per heavy atom. The van der Waals surface area contributed by atoms with Crippen molar-refractivity contribution in [3.8, 4) is 11.1 Å². The molecule has 3 aromatic heterocycles. The summed E-state index contributed by atoms with van der Waals surface area (Å²) >= 11 is 0. The monoisotopic (exact) mass is 469 g/mol. The van der Waals surface area contributed by atoms with Crippen molar-refractivity contribution < 1.29 is 9.18 Å². The van der Waals surface area contributed by atoms with Gasteiger partial charge in [-0.3, -0.25) is 14.7 Å². The molecule has 35 heavy (non-hydrogen) atoms. The fourth-order valence-electron chi connectivity index (χ4n) is 4.80. The number of carbonyl (C=O) groups excluding carboxylic acids is 1. The minimum absolute atomic E-state index is 0.0896. The molecular formula is C28H28FN5O. The molecule has 2 aromatic carbocycles. The largest absolute Gasteiger partial charge is 0.360 e. The number of carbonyl (C=O) groups is 1. The molecule has 6 nitrogen and oxygen atoms in total. The van der Waals surface area contributed by atoms with E-state index in [1.807, 2.05) is 33.0 Å². The molecule has 0 saturated carbocycles. The second-order valence-corrected chi connectivity index (χ2v) is 9.11. The van der Waals surface area contributed by atoms with Crippen molar-refractivity contribution in [1.29, 1.82) is 0 Å². The number of halogens is 1. The number of imidazole rings is 1. The molecule has 0 atom stereocenters. The molecule has 0 amide bonds. The first-order valence-electron chi connectivity index (χ1n) is 11.8. The Hall–Kier alpha value is -3.84. The van der Waals surface area contributed by atoms with Crippen molar-refractivity contribution in [3.63, 3.8) is 0 Å². The minimum Gasteiger partial charge on any atom is -0.360 e. The van der Waals surface area contributed by atoms with E-state index in [4.69, 9.17) is 0 Å². The van der Waals surface area contributed by atoms with Crippen LogP contribution in [0.4, 0.5) is 4.39 Å². The first-order chi connectivity index (χ1) is 16.9. The van der Waals surface area contributed by atoms with E-state index in [-0.39, 0.29) is 11.6 Å². The highest BCUT2D eigenvalue weighted by molar-refractivity contribution is 6.10. The quantitative estimate of drug-likeness (QED) is 0.303. The Balaban J connectivity index is 1.26. The van der Waals surface area contributed by atoms with E-state index in [0.29, 0.717) is 12.1 Å². The standard InChI is InChI=1S/C28H28FN5O/c1-18-13-21(20-5-7-22(29)8-6-20)14-24-28(18)23(15-31-24)27(35)17-33(3)11-4-12-34-19(2)32-25-16-30-10-9-26(25)34/h5-10,13-16,31H,4,11-12,17H2,1-3H3. The highest BCUT2D eigenvalue weighted by Gasteiger charge is 2.17. The van der Waals surface area contributed by atoms with Crippen LogP contribution in [0.5, 0.6) is 0 Å². The number of H-pyrrole nitrogens is 1. The molecular weight excluding hydrogens is 441 g/mol. The van der Waals surface area contributed by atoms with Gasteiger partial charge in [0.1, 0.15) is 17.2 Å². The number of hydrogen-bond donors (Lipinski definition) is 1. The number of hydrogen-bond acceptors (Lipinski definition) is 4. The number of aromatic nitrogens is 4. The molecule has 1 N–H and O–H groups in total. The minimum atomic E-state index is -0.255. The number of nitrogens with zero attached hydrogens (tertiary/aromatic N) is 4. The summed E-state index contributed by atoms with van der Waals surface area (Å²) in [7, 11) is 1.98. The second kappa shape index (κ2) is 9.43. The molecule has 0 radical (unpaired) electrons. The van der Waals surface area contributed by atoms with Gasteiger partial charge in [0.25, 0.3) is 0 Å². The number of aryl methyl sites for hydroxylation is 3. The SMILES string of the molecule is Cc1cc(-c2ccc(F)cc2)cc2[nH]cc(C(=O)CN(C)CCCn3c(C)nc4cnccc43)c12. The Kier molecular flexibility index (Phi) is 6.17. The summed E-state index contributed by atoms with van der Waals surface area (Å²) in [5.74, 6) is 0.807. The lowest BCUT2D eigenvalue weighted by Gasteiger charge is -2.16. The molecule has 178 valence electrons. The smallest absolute Gasteiger partial charge is 0.178 e. The lowest BCUT2D eigenvalue weighted by molar-refractivity contribution is 0.0946. The van der Waals surface area contributed by atoms with Gasteiger partial charge in [-0.2, -0.15) is 0 Å². The van der Waals surface area contributed by atoms with Crippen LogP contribution in [-0.4, -0.2) is 50.3 Å². The van der Waals surface area contributed by atoms with Crippen LogP contribution in [0.3, 0.4) is 0 Å². The first kappa shape index (κ1) is 22.9. The van der Waals surface area contributed by atoms with Gasteiger partial charge in [-0.15, -0.1) is 0 Å². The number of Topliss-reactive ketones (excluding diaryl/α,β-unsaturated/α-hetero) is 1. The maximum atomic E-state index is 13.3. The van der Waals surface area contributed by atoms with Crippen LogP contribution in [0.15, 0.2) is 61.1 Å². The van der Waals surface area contributed by atoms with Crippen molar-refractivity contribution in [2.45, 2.75) is 26.8 Å². The van der Waals surface area contributed by atoms with E-state index < -0.39 is 0 Å². The summed E-state index contributed by atoms with van der Waals surface area (Å²) in [6.45, 7) is 6.00. The van der Waals surface area contributed by atoms with Crippen molar-refractivity contribution in [2.75, 3.05) is 20.1 Å². The third kappa shape index (κ3) is 4.59. The molecule has 0 spiro atoms. The predicted molar refractivity (Wildman–Crippen MR) is 137 cm³/mol. The van der Waals surface area contributed by atoms with Crippen LogP contribution in [0.2, 0.25) is 0 Å². The van der Waals surface area contributed by atoms with E-state index in [1.54, 1.807) is 30.7 Å². The lowest BCUT2D eigenvalue weighted by Crippen LogP contribution is -2.27. The first-order valence-corrected chi connectivity index (χ1v) is 11.8. The van der Waals surface area contributed by atoms with Gasteiger partial charge >= 0.3 is 0 Å². The lowest BCUT2D eigenvalue weighted by atomic mass is 9.98. The van der Waals surface area contributed by atoms with Crippen LogP contribution >= 0.6 is 0 Å². The average molecular weight is 470 g/mol. The normalized spacial score (nSPS) is 11.7. The predicted octanol–water partition coefficient (Wildman–Crippen LogP) is 5.54. The zero-order valence-electron chi connectivity index (χ0n) is 20.2. The molecule has 5 aromatic rings. The van der Waals surface area contributed by atoms with E-state index in [2.05, 4.69) is 30.5 Å². The molecule has 0 aliphatic heterocycles. The third-order valence-corrected chi connectivity index (χ3v) is 6.53. The summed E-state index contributed by atoms with van der Waals surface area (Å²) in [4.78, 5) is 27.2. The van der Waals surface area contributed by atoms with Crippen molar-refractivity contribution in [2.24, 2.45) is 0 Å². The Morgan fingerprint density at radius 2 is 1.91 bits per heavy atom. The summed E-state index contributed by atoms with van der Waals surface area (Å²) in [5, 5.41) is 0.948. The molecule has 0 aliphatic carbocycles. The molecule has 0 fully saturated rings. The molecule has 0 aliphatic rings. The van der Waals surface area contributed by atoms with Crippen molar-refractivity contribution in [3.05, 3.63) is 83.8 Å². The number of aromatic amines is 1. The third-order valence-electron chi connectivity index (χ3n) is 6.53. The van der Waals surface area contributed by atoms with Gasteiger partial charge in [0, 0.05) is 41.9 Å². The van der Waals surface area contributed by atoms with Gasteiger partial charge in [0.15, 0.2) is 5.78 Å². The maximum absolute atomic E-state index is 13.3. The van der Waals surface area contributed by atoms with Crippen LogP contribution in [0, 0.1) is 19.7 Å². The van der Waals surface area contributed by atoms with Gasteiger partial charge in [-0.25, -0.2) is 9.37 Å². The highest BCUT2D eigenvalue weighted by atomic mass is 19.1. The summed E-state index contributed by atoms with van der Waals surface area (Å²) in [5.41, 5.74) is 6.57. The number of pyridine rings is 1. The zero-order valence-corrected chi connectivity index (χ0v) is 20.2. The zero-order chi connectivity index (χ0) is 24.5. The molecule has 0 saturated heterocycles. The van der Waals surface area contributed by atoms with E-state index in [0.717, 1.165) is 64.0 Å². The topological polar surface area (TPSA) is 66.8 Å². The van der Waals surface area contributed by atoms with Crippen molar-refractivity contribution in [1.82, 2.24) is 24.4 Å². The van der Waals surface area contributed by atoms with E-state index in [1.165, 1.54) is 12.1 Å². The van der Waals surface area contributed by atoms with Gasteiger partial charge in [-0.1, -0.05) is 18.2 Å². The number of fused-ring (bicyclic) bond motifs is 2. The summed E-state index contributed by atoms with van der Waals surface area (Å²) in [6, 6.07) is 12.5. The van der Waals surface area contributed by atoms with Gasteiger partial charge in [0.05, 0.1) is 18.3 Å². The number of benzene rings is 2.